The van der Waals surface area contributed by atoms with Gasteiger partial charge in [0.25, 0.3) is 10.0 Å². The van der Waals surface area contributed by atoms with Gasteiger partial charge in [0.05, 0.1) is 17.7 Å². The largest absolute Gasteiger partial charge is 0.497 e. The first-order valence-electron chi connectivity index (χ1n) is 12.6. The van der Waals surface area contributed by atoms with Gasteiger partial charge in [0.1, 0.15) is 24.2 Å². The average molecular weight is 556 g/mol. The summed E-state index contributed by atoms with van der Waals surface area (Å²) in [6.45, 7) is 5.34. The molecule has 0 spiro atoms. The number of benzene rings is 3. The number of carbonyl (C=O) groups excluding carboxylic acids is 2. The van der Waals surface area contributed by atoms with Crippen LogP contribution in [0.5, 0.6) is 5.75 Å². The monoisotopic (exact) mass is 555 g/mol. The number of methoxy groups -OCH3 is 1. The summed E-state index contributed by atoms with van der Waals surface area (Å²) in [6.07, 6.45) is 0.724. The molecule has 0 unspecified atom stereocenters. The molecule has 0 fully saturated rings. The van der Waals surface area contributed by atoms with Crippen molar-refractivity contribution in [2.24, 2.45) is 0 Å². The van der Waals surface area contributed by atoms with Gasteiger partial charge < -0.3 is 15.0 Å². The van der Waals surface area contributed by atoms with Gasteiger partial charge in [-0.25, -0.2) is 12.8 Å². The minimum absolute atomic E-state index is 0.0713. The standard InChI is InChI=1S/C29H34FN3O5S/c1-5-18-31-29(35)22(3)32(19-23-8-14-26(38-4)15-9-23)28(34)20-33(25-12-6-21(2)7-13-25)39(36,37)27-16-10-24(30)11-17-27/h6-17,22H,5,18-20H2,1-4H3,(H,31,35)/t22-/m0/s1. The predicted octanol–water partition coefficient (Wildman–Crippen LogP) is 4.28. The van der Waals surface area contributed by atoms with Crippen LogP contribution in [0.2, 0.25) is 0 Å². The third kappa shape index (κ3) is 7.57. The Labute approximate surface area is 229 Å². The van der Waals surface area contributed by atoms with Crippen molar-refractivity contribution in [3.8, 4) is 5.75 Å². The Balaban J connectivity index is 2.00. The maximum Gasteiger partial charge on any atom is 0.264 e. The predicted molar refractivity (Wildman–Crippen MR) is 148 cm³/mol. The maximum atomic E-state index is 13.8. The molecule has 0 saturated heterocycles. The fourth-order valence-corrected chi connectivity index (χ4v) is 5.29. The number of halogens is 1. The van der Waals surface area contributed by atoms with Crippen molar-refractivity contribution >= 4 is 27.5 Å². The van der Waals surface area contributed by atoms with E-state index in [9.17, 15) is 22.4 Å². The van der Waals surface area contributed by atoms with Gasteiger partial charge in [-0.15, -0.1) is 0 Å². The maximum absolute atomic E-state index is 13.8. The summed E-state index contributed by atoms with van der Waals surface area (Å²) in [7, 11) is -2.70. The molecule has 39 heavy (non-hydrogen) atoms. The molecule has 0 saturated carbocycles. The number of nitrogens with one attached hydrogen (secondary N) is 1. The molecule has 0 radical (unpaired) electrons. The van der Waals surface area contributed by atoms with Gasteiger partial charge in [-0.2, -0.15) is 0 Å². The van der Waals surface area contributed by atoms with Gasteiger partial charge in [0.15, 0.2) is 0 Å². The topological polar surface area (TPSA) is 96.0 Å². The molecule has 0 aliphatic rings. The second-order valence-electron chi connectivity index (χ2n) is 9.14. The van der Waals surface area contributed by atoms with Gasteiger partial charge in [-0.3, -0.25) is 13.9 Å². The molecule has 0 aliphatic carbocycles. The number of ether oxygens (including phenoxy) is 1. The third-order valence-electron chi connectivity index (χ3n) is 6.23. The third-order valence-corrected chi connectivity index (χ3v) is 8.02. The van der Waals surface area contributed by atoms with E-state index in [4.69, 9.17) is 4.74 Å². The lowest BCUT2D eigenvalue weighted by molar-refractivity contribution is -0.139. The second-order valence-corrected chi connectivity index (χ2v) is 11.0. The Hall–Kier alpha value is -3.92. The number of sulfonamides is 1. The van der Waals surface area contributed by atoms with Crippen molar-refractivity contribution in [2.75, 3.05) is 24.5 Å². The minimum Gasteiger partial charge on any atom is -0.497 e. The van der Waals surface area contributed by atoms with E-state index in [1.54, 1.807) is 62.6 Å². The number of hydrogen-bond donors (Lipinski definition) is 1. The van der Waals surface area contributed by atoms with E-state index in [1.807, 2.05) is 13.8 Å². The Kier molecular flexibility index (Phi) is 10.1. The number of amides is 2. The number of hydrogen-bond acceptors (Lipinski definition) is 5. The lowest BCUT2D eigenvalue weighted by Gasteiger charge is -2.32. The Morgan fingerprint density at radius 2 is 1.59 bits per heavy atom. The summed E-state index contributed by atoms with van der Waals surface area (Å²) in [5, 5.41) is 2.80. The van der Waals surface area contributed by atoms with Crippen molar-refractivity contribution < 1.29 is 27.1 Å². The molecule has 0 heterocycles. The highest BCUT2D eigenvalue weighted by Gasteiger charge is 2.32. The summed E-state index contributed by atoms with van der Waals surface area (Å²) in [6, 6.07) is 17.3. The van der Waals surface area contributed by atoms with Gasteiger partial charge >= 0.3 is 0 Å². The Morgan fingerprint density at radius 3 is 2.15 bits per heavy atom. The second kappa shape index (κ2) is 13.2. The van der Waals surface area contributed by atoms with Crippen LogP contribution in [-0.2, 0) is 26.2 Å². The molecule has 0 aliphatic heterocycles. The van der Waals surface area contributed by atoms with Crippen LogP contribution in [0.1, 0.15) is 31.4 Å². The van der Waals surface area contributed by atoms with Crippen LogP contribution in [0.4, 0.5) is 10.1 Å². The molecule has 8 nitrogen and oxygen atoms in total. The van der Waals surface area contributed by atoms with E-state index in [1.165, 1.54) is 4.90 Å². The highest BCUT2D eigenvalue weighted by Crippen LogP contribution is 2.25. The normalized spacial score (nSPS) is 11.9. The van der Waals surface area contributed by atoms with Gasteiger partial charge in [-0.1, -0.05) is 36.8 Å². The first kappa shape index (κ1) is 29.6. The summed E-state index contributed by atoms with van der Waals surface area (Å²) < 4.78 is 47.1. The van der Waals surface area contributed by atoms with Crippen LogP contribution in [0.25, 0.3) is 0 Å². The van der Waals surface area contributed by atoms with Gasteiger partial charge in [0.2, 0.25) is 11.8 Å². The van der Waals surface area contributed by atoms with Crippen LogP contribution < -0.4 is 14.4 Å². The summed E-state index contributed by atoms with van der Waals surface area (Å²) in [5.74, 6) is -0.857. The number of anilines is 1. The van der Waals surface area contributed by atoms with Crippen LogP contribution in [0.3, 0.4) is 0 Å². The fourth-order valence-electron chi connectivity index (χ4n) is 3.88. The number of carbonyl (C=O) groups is 2. The zero-order valence-corrected chi connectivity index (χ0v) is 23.4. The molecule has 0 bridgehead atoms. The number of aryl methyl sites for hydroxylation is 1. The quantitative estimate of drug-likeness (QED) is 0.360. The Bertz CT molecular complexity index is 1360. The van der Waals surface area contributed by atoms with E-state index in [2.05, 4.69) is 5.32 Å². The van der Waals surface area contributed by atoms with Crippen LogP contribution in [0.15, 0.2) is 77.7 Å². The van der Waals surface area contributed by atoms with E-state index < -0.39 is 34.3 Å². The first-order chi connectivity index (χ1) is 18.6. The lowest BCUT2D eigenvalue weighted by Crippen LogP contribution is -2.51. The highest BCUT2D eigenvalue weighted by molar-refractivity contribution is 7.92. The molecule has 208 valence electrons. The molecule has 0 aromatic heterocycles. The molecular formula is C29H34FN3O5S. The highest BCUT2D eigenvalue weighted by atomic mass is 32.2. The van der Waals surface area contributed by atoms with Crippen molar-refractivity contribution in [1.29, 1.82) is 0 Å². The molecule has 3 rings (SSSR count). The number of rotatable bonds is 12. The molecule has 1 atom stereocenters. The zero-order chi connectivity index (χ0) is 28.6. The molecule has 2 amide bonds. The first-order valence-corrected chi connectivity index (χ1v) is 14.1. The van der Waals surface area contributed by atoms with E-state index in [0.717, 1.165) is 46.1 Å². The van der Waals surface area contributed by atoms with Gasteiger partial charge in [0, 0.05) is 13.1 Å². The minimum atomic E-state index is -4.25. The molecule has 3 aromatic carbocycles. The molecule has 3 aromatic rings. The molecular weight excluding hydrogens is 521 g/mol. The zero-order valence-electron chi connectivity index (χ0n) is 22.6. The average Bonchev–Trinajstić information content (AvgIpc) is 2.93. The smallest absolute Gasteiger partial charge is 0.264 e. The van der Waals surface area contributed by atoms with E-state index in [-0.39, 0.29) is 23.0 Å². The summed E-state index contributed by atoms with van der Waals surface area (Å²) in [5.41, 5.74) is 1.92. The van der Waals surface area contributed by atoms with Crippen LogP contribution >= 0.6 is 0 Å². The van der Waals surface area contributed by atoms with E-state index >= 15 is 0 Å². The molecule has 1 N–H and O–H groups in total. The van der Waals surface area contributed by atoms with Crippen LogP contribution in [-0.4, -0.2) is 51.4 Å². The van der Waals surface area contributed by atoms with Crippen molar-refractivity contribution in [1.82, 2.24) is 10.2 Å². The fraction of sp³-hybridized carbons (Fsp3) is 0.310. The lowest BCUT2D eigenvalue weighted by atomic mass is 10.1. The van der Waals surface area contributed by atoms with E-state index in [0.29, 0.717) is 12.3 Å². The van der Waals surface area contributed by atoms with Crippen molar-refractivity contribution in [3.05, 3.63) is 89.7 Å². The van der Waals surface area contributed by atoms with Crippen molar-refractivity contribution in [2.45, 2.75) is 44.7 Å². The number of nitrogens with zero attached hydrogens (tertiary/aromatic N) is 2. The summed E-state index contributed by atoms with van der Waals surface area (Å²) >= 11 is 0. The SMILES string of the molecule is CCCNC(=O)[C@H](C)N(Cc1ccc(OC)cc1)C(=O)CN(c1ccc(C)cc1)S(=O)(=O)c1ccc(F)cc1. The van der Waals surface area contributed by atoms with Crippen molar-refractivity contribution in [3.63, 3.8) is 0 Å². The van der Waals surface area contributed by atoms with Gasteiger partial charge in [-0.05, 0) is 74.4 Å². The Morgan fingerprint density at radius 1 is 0.974 bits per heavy atom. The summed E-state index contributed by atoms with van der Waals surface area (Å²) in [4.78, 5) is 27.9. The molecule has 10 heteroatoms. The van der Waals surface area contributed by atoms with Crippen LogP contribution in [0, 0.1) is 12.7 Å².